The zero-order chi connectivity index (χ0) is 17.7. The molecule has 2 aliphatic carbocycles. The van der Waals surface area contributed by atoms with E-state index in [1.807, 2.05) is 0 Å². The summed E-state index contributed by atoms with van der Waals surface area (Å²) in [5.74, 6) is -0.334. The molecule has 0 N–H and O–H groups in total. The van der Waals surface area contributed by atoms with E-state index in [1.54, 1.807) is 0 Å². The smallest absolute Gasteiger partial charge is 0.102 e. The molecule has 0 amide bonds. The second kappa shape index (κ2) is 5.73. The topological polar surface area (TPSA) is 56.8 Å². The van der Waals surface area contributed by atoms with E-state index in [2.05, 4.69) is 69.4 Å². The van der Waals surface area contributed by atoms with Gasteiger partial charge in [0.1, 0.15) is 12.2 Å². The number of nitriles is 2. The summed E-state index contributed by atoms with van der Waals surface area (Å²) < 4.78 is 6.10. The van der Waals surface area contributed by atoms with Crippen LogP contribution in [0.4, 0.5) is 0 Å². The van der Waals surface area contributed by atoms with Crippen LogP contribution in [0.25, 0.3) is 0 Å². The second-order valence-corrected chi connectivity index (χ2v) is 7.32. The molecule has 25 heavy (non-hydrogen) atoms. The molecule has 3 nitrogen and oxygen atoms in total. The number of hydrogen-bond acceptors (Lipinski definition) is 3. The van der Waals surface area contributed by atoms with Gasteiger partial charge >= 0.3 is 0 Å². The Kier molecular flexibility index (Phi) is 3.64. The van der Waals surface area contributed by atoms with Gasteiger partial charge in [0, 0.05) is 0 Å². The molecule has 0 spiro atoms. The molecule has 2 aliphatic heterocycles. The van der Waals surface area contributed by atoms with Crippen LogP contribution in [0.5, 0.6) is 0 Å². The van der Waals surface area contributed by atoms with Gasteiger partial charge in [-0.15, -0.1) is 0 Å². The molecule has 2 fully saturated rings. The van der Waals surface area contributed by atoms with Gasteiger partial charge in [0.05, 0.1) is 24.0 Å². The van der Waals surface area contributed by atoms with Crippen LogP contribution in [0.15, 0.2) is 69.9 Å². The van der Waals surface area contributed by atoms with Crippen molar-refractivity contribution in [3.63, 3.8) is 0 Å². The lowest BCUT2D eigenvalue weighted by molar-refractivity contribution is 0.112. The number of ether oxygens (including phenoxy) is 1. The minimum atomic E-state index is -0.400. The van der Waals surface area contributed by atoms with Crippen molar-refractivity contribution in [3.8, 4) is 12.1 Å². The Morgan fingerprint density at radius 2 is 1.68 bits per heavy atom. The molecule has 2 heterocycles. The van der Waals surface area contributed by atoms with Crippen molar-refractivity contribution in [2.24, 2.45) is 17.8 Å². The number of allylic oxidation sites excluding steroid dienone is 10. The van der Waals surface area contributed by atoms with Gasteiger partial charge < -0.3 is 4.74 Å². The molecule has 124 valence electrons. The molecule has 3 heteroatoms. The number of nitrogens with zero attached hydrogens (tertiary/aromatic N) is 2. The van der Waals surface area contributed by atoms with E-state index in [0.29, 0.717) is 5.92 Å². The fraction of sp³-hybridized carbons (Fsp3) is 0.364. The minimum Gasteiger partial charge on any atom is -0.363 e. The third-order valence-corrected chi connectivity index (χ3v) is 5.60. The summed E-state index contributed by atoms with van der Waals surface area (Å²) in [5, 5.41) is 19.1. The summed E-state index contributed by atoms with van der Waals surface area (Å²) in [6.07, 6.45) is 12.3. The van der Waals surface area contributed by atoms with E-state index in [4.69, 9.17) is 4.74 Å². The lowest BCUT2D eigenvalue weighted by atomic mass is 9.73. The zero-order valence-corrected chi connectivity index (χ0v) is 14.7. The molecule has 0 aromatic carbocycles. The lowest BCUT2D eigenvalue weighted by Crippen LogP contribution is -2.29. The van der Waals surface area contributed by atoms with E-state index >= 15 is 0 Å². The van der Waals surface area contributed by atoms with Crippen molar-refractivity contribution in [1.82, 2.24) is 0 Å². The van der Waals surface area contributed by atoms with Crippen molar-refractivity contribution in [2.75, 3.05) is 0 Å². The normalized spacial score (nSPS) is 32.6. The van der Waals surface area contributed by atoms with Crippen molar-refractivity contribution in [1.29, 1.82) is 10.5 Å². The molecular formula is C22H20N2O. The van der Waals surface area contributed by atoms with Crippen molar-refractivity contribution in [2.45, 2.75) is 33.0 Å². The molecule has 4 atom stereocenters. The van der Waals surface area contributed by atoms with Crippen LogP contribution in [0.1, 0.15) is 20.8 Å². The first-order chi connectivity index (χ1) is 12.1. The highest BCUT2D eigenvalue weighted by Crippen LogP contribution is 2.52. The molecule has 0 aromatic heterocycles. The molecule has 0 saturated carbocycles. The first kappa shape index (κ1) is 15.9. The van der Waals surface area contributed by atoms with Crippen LogP contribution in [0.2, 0.25) is 0 Å². The molecule has 4 unspecified atom stereocenters. The minimum absolute atomic E-state index is 0.292. The quantitative estimate of drug-likeness (QED) is 0.721. The van der Waals surface area contributed by atoms with E-state index in [1.165, 1.54) is 16.7 Å². The Bertz CT molecular complexity index is 909. The number of hydrogen-bond donors (Lipinski definition) is 0. The van der Waals surface area contributed by atoms with E-state index < -0.39 is 5.92 Å². The van der Waals surface area contributed by atoms with Crippen molar-refractivity contribution in [3.05, 3.63) is 69.9 Å². The fourth-order valence-electron chi connectivity index (χ4n) is 4.19. The third-order valence-electron chi connectivity index (χ3n) is 5.60. The van der Waals surface area contributed by atoms with Gasteiger partial charge in [-0.3, -0.25) is 0 Å². The Morgan fingerprint density at radius 3 is 2.36 bits per heavy atom. The molecule has 4 rings (SSSR count). The molecule has 4 aliphatic rings. The Morgan fingerprint density at radius 1 is 0.960 bits per heavy atom. The SMILES string of the molecule is CC1=CC=C2C(=C3C=CC(C(C)C)=CC=C13)C1OC2C(C#N)C1C#N. The van der Waals surface area contributed by atoms with Crippen molar-refractivity contribution < 1.29 is 4.74 Å². The molecule has 2 bridgehead atoms. The maximum atomic E-state index is 9.59. The summed E-state index contributed by atoms with van der Waals surface area (Å²) in [6.45, 7) is 6.48. The lowest BCUT2D eigenvalue weighted by Gasteiger charge is -2.24. The summed E-state index contributed by atoms with van der Waals surface area (Å²) in [4.78, 5) is 0. The zero-order valence-electron chi connectivity index (χ0n) is 14.7. The molecule has 2 saturated heterocycles. The van der Waals surface area contributed by atoms with Gasteiger partial charge in [-0.25, -0.2) is 0 Å². The van der Waals surface area contributed by atoms with Gasteiger partial charge in [-0.2, -0.15) is 10.5 Å². The van der Waals surface area contributed by atoms with Crippen LogP contribution in [0.3, 0.4) is 0 Å². The van der Waals surface area contributed by atoms with Crippen LogP contribution >= 0.6 is 0 Å². The largest absolute Gasteiger partial charge is 0.363 e. The summed E-state index contributed by atoms with van der Waals surface area (Å²) >= 11 is 0. The highest BCUT2D eigenvalue weighted by molar-refractivity contribution is 5.67. The highest BCUT2D eigenvalue weighted by atomic mass is 16.5. The Labute approximate surface area is 148 Å². The Balaban J connectivity index is 1.92. The van der Waals surface area contributed by atoms with Crippen LogP contribution < -0.4 is 0 Å². The predicted octanol–water partition coefficient (Wildman–Crippen LogP) is 4.31. The second-order valence-electron chi connectivity index (χ2n) is 7.32. The Hall–Kier alpha value is -2.62. The van der Waals surface area contributed by atoms with E-state index in [-0.39, 0.29) is 18.1 Å². The average Bonchev–Trinajstić information content (AvgIpc) is 2.99. The monoisotopic (exact) mass is 328 g/mol. The van der Waals surface area contributed by atoms with Crippen molar-refractivity contribution >= 4 is 0 Å². The number of fused-ring (bicyclic) bond motifs is 6. The fourth-order valence-corrected chi connectivity index (χ4v) is 4.19. The first-order valence-corrected chi connectivity index (χ1v) is 8.75. The van der Waals surface area contributed by atoms with Crippen LogP contribution in [-0.2, 0) is 4.74 Å². The van der Waals surface area contributed by atoms with Crippen LogP contribution in [-0.4, -0.2) is 12.2 Å². The molecule has 0 aromatic rings. The average molecular weight is 328 g/mol. The highest BCUT2D eigenvalue weighted by Gasteiger charge is 2.56. The van der Waals surface area contributed by atoms with Crippen LogP contribution in [0, 0.1) is 40.4 Å². The maximum absolute atomic E-state index is 9.59. The maximum Gasteiger partial charge on any atom is 0.102 e. The summed E-state index contributed by atoms with van der Waals surface area (Å²) in [7, 11) is 0. The van der Waals surface area contributed by atoms with E-state index in [0.717, 1.165) is 16.7 Å². The van der Waals surface area contributed by atoms with Gasteiger partial charge in [-0.05, 0) is 46.3 Å². The third kappa shape index (κ3) is 2.20. The van der Waals surface area contributed by atoms with Gasteiger partial charge in [-0.1, -0.05) is 50.3 Å². The van der Waals surface area contributed by atoms with Gasteiger partial charge in [0.25, 0.3) is 0 Å². The summed E-state index contributed by atoms with van der Waals surface area (Å²) in [5.41, 5.74) is 6.94. The predicted molar refractivity (Wildman–Crippen MR) is 95.9 cm³/mol. The first-order valence-electron chi connectivity index (χ1n) is 8.75. The number of rotatable bonds is 1. The van der Waals surface area contributed by atoms with Gasteiger partial charge in [0.15, 0.2) is 0 Å². The molecular weight excluding hydrogens is 308 g/mol. The molecule has 0 radical (unpaired) electrons. The van der Waals surface area contributed by atoms with Gasteiger partial charge in [0.2, 0.25) is 0 Å². The standard InChI is InChI=1S/C22H20N2O/c1-12(2)14-5-8-15-13(3)4-7-17-20(16(15)9-6-14)22-19(11-24)18(10-23)21(17)25-22/h4-9,12,18-19,21-22H,1-3H3. The summed E-state index contributed by atoms with van der Waals surface area (Å²) in [6, 6.07) is 4.61. The van der Waals surface area contributed by atoms with E-state index in [9.17, 15) is 10.5 Å².